The summed E-state index contributed by atoms with van der Waals surface area (Å²) < 4.78 is 27.3. The minimum absolute atomic E-state index is 0.0277. The number of aliphatic hydroxyl groups is 2. The Hall–Kier alpha value is -7.30. The van der Waals surface area contributed by atoms with E-state index in [0.717, 1.165) is 5.56 Å². The molecule has 7 amide bonds. The number of fused-ring (bicyclic) bond motifs is 5. The van der Waals surface area contributed by atoms with Gasteiger partial charge in [-0.2, -0.15) is 0 Å². The minimum Gasteiger partial charge on any atom is -0.444 e. The maximum atomic E-state index is 15.3. The van der Waals surface area contributed by atoms with Crippen LogP contribution >= 0.6 is 0 Å². The predicted octanol–water partition coefficient (Wildman–Crippen LogP) is 0.139. The molecule has 1 aliphatic carbocycles. The Balaban J connectivity index is 0.938. The maximum Gasteiger partial charge on any atom is 0.408 e. The average Bonchev–Trinajstić information content (AvgIpc) is 3.69. The first-order chi connectivity index (χ1) is 33.2. The van der Waals surface area contributed by atoms with Crippen molar-refractivity contribution in [3.05, 3.63) is 97.6 Å². The van der Waals surface area contributed by atoms with Gasteiger partial charge in [-0.3, -0.25) is 33.6 Å². The van der Waals surface area contributed by atoms with Crippen LogP contribution in [0.1, 0.15) is 85.5 Å². The zero-order valence-corrected chi connectivity index (χ0v) is 39.3. The fourth-order valence-electron chi connectivity index (χ4n) is 8.84. The molecule has 2 aromatic carbocycles. The topological polar surface area (TPSA) is 298 Å². The van der Waals surface area contributed by atoms with Gasteiger partial charge in [-0.25, -0.2) is 14.2 Å². The molecule has 9 N–H and O–H groups in total. The van der Waals surface area contributed by atoms with Crippen LogP contribution < -0.4 is 42.8 Å². The summed E-state index contributed by atoms with van der Waals surface area (Å²) in [6, 6.07) is 9.81. The number of aromatic nitrogens is 2. The van der Waals surface area contributed by atoms with Crippen LogP contribution in [0.4, 0.5) is 9.18 Å². The third kappa shape index (κ3) is 11.1. The second-order valence-corrected chi connectivity index (χ2v) is 18.3. The smallest absolute Gasteiger partial charge is 0.408 e. The van der Waals surface area contributed by atoms with Gasteiger partial charge in [0.05, 0.1) is 62.3 Å². The van der Waals surface area contributed by atoms with Crippen LogP contribution in [0.5, 0.6) is 0 Å². The molecule has 0 fully saturated rings. The molecule has 2 aliphatic heterocycles. The van der Waals surface area contributed by atoms with Crippen molar-refractivity contribution in [2.75, 3.05) is 32.7 Å². The maximum absolute atomic E-state index is 15.3. The van der Waals surface area contributed by atoms with E-state index >= 15 is 4.39 Å². The normalized spacial score (nSPS) is 18.0. The van der Waals surface area contributed by atoms with Crippen LogP contribution in [0.15, 0.2) is 47.3 Å². The van der Waals surface area contributed by atoms with Crippen LogP contribution in [0, 0.1) is 12.7 Å². The van der Waals surface area contributed by atoms with Crippen molar-refractivity contribution in [3.63, 3.8) is 0 Å². The molecule has 22 heteroatoms. The van der Waals surface area contributed by atoms with E-state index in [-0.39, 0.29) is 37.1 Å². The molecule has 4 heterocycles. The summed E-state index contributed by atoms with van der Waals surface area (Å²) in [6.45, 7) is 5.51. The number of nitrogens with one attached hydrogen (secondary N) is 7. The van der Waals surface area contributed by atoms with Gasteiger partial charge in [-0.05, 0) is 75.3 Å². The van der Waals surface area contributed by atoms with E-state index in [4.69, 9.17) is 14.5 Å². The molecule has 4 aromatic rings. The fraction of sp³-hybridized carbons (Fsp3) is 0.438. The van der Waals surface area contributed by atoms with Crippen molar-refractivity contribution in [1.29, 1.82) is 0 Å². The van der Waals surface area contributed by atoms with Gasteiger partial charge >= 0.3 is 6.09 Å². The first-order valence-corrected chi connectivity index (χ1v) is 22.8. The molecule has 2 aromatic heterocycles. The predicted molar refractivity (Wildman–Crippen MR) is 248 cm³/mol. The van der Waals surface area contributed by atoms with Crippen LogP contribution in [0.2, 0.25) is 0 Å². The number of amides is 7. The summed E-state index contributed by atoms with van der Waals surface area (Å²) in [4.78, 5) is 108. The number of ether oxygens (including phenoxy) is 2. The highest BCUT2D eigenvalue weighted by atomic mass is 19.1. The highest BCUT2D eigenvalue weighted by molar-refractivity contribution is 5.95. The number of halogens is 1. The SMILES string of the molecule is CC[C@]1(O)c2cc3n(c(=O)c2COC1O)Cc1c-3nc2cc(F)c(C)c3c2c1[C@@H](NC(=O)CNC(=O)CNC(=O)CNC(=O)[C@H](Cc1ccccc1)NC(=O)CNC(=O)CNC(=O)OC(C)(C)C)CC3. The summed E-state index contributed by atoms with van der Waals surface area (Å²) in [5.74, 6) is -4.67. The summed E-state index contributed by atoms with van der Waals surface area (Å²) in [7, 11) is 0. The lowest BCUT2D eigenvalue weighted by molar-refractivity contribution is -0.236. The van der Waals surface area contributed by atoms with Crippen molar-refractivity contribution in [2.24, 2.45) is 0 Å². The summed E-state index contributed by atoms with van der Waals surface area (Å²) in [5.41, 5.74) is 1.44. The molecule has 0 bridgehead atoms. The number of nitrogens with zero attached hydrogens (tertiary/aromatic N) is 2. The van der Waals surface area contributed by atoms with Crippen molar-refractivity contribution in [3.8, 4) is 11.4 Å². The van der Waals surface area contributed by atoms with Gasteiger partial charge in [0.2, 0.25) is 35.4 Å². The molecule has 21 nitrogen and oxygen atoms in total. The van der Waals surface area contributed by atoms with E-state index in [0.29, 0.717) is 57.4 Å². The van der Waals surface area contributed by atoms with Crippen molar-refractivity contribution < 1.29 is 57.6 Å². The number of pyridine rings is 2. The van der Waals surface area contributed by atoms with Gasteiger partial charge < -0.3 is 61.5 Å². The van der Waals surface area contributed by atoms with E-state index in [1.165, 1.54) is 10.6 Å². The molecule has 70 heavy (non-hydrogen) atoms. The van der Waals surface area contributed by atoms with Gasteiger partial charge in [0.1, 0.15) is 29.6 Å². The first-order valence-electron chi connectivity index (χ1n) is 22.8. The largest absolute Gasteiger partial charge is 0.444 e. The number of aryl methyl sites for hydroxylation is 1. The van der Waals surface area contributed by atoms with Gasteiger partial charge in [0.15, 0.2) is 6.29 Å². The number of hydrogen-bond donors (Lipinski definition) is 9. The van der Waals surface area contributed by atoms with Crippen molar-refractivity contribution in [1.82, 2.24) is 46.8 Å². The van der Waals surface area contributed by atoms with E-state index in [2.05, 4.69) is 37.2 Å². The average molecular weight is 970 g/mol. The number of benzene rings is 2. The zero-order valence-electron chi connectivity index (χ0n) is 39.3. The number of alkyl carbamates (subject to hydrolysis) is 1. The molecular weight excluding hydrogens is 914 g/mol. The standard InChI is InChI=1S/C48H56FN9O12/c1-6-48(68)29-15-34-42-27(22-58(34)44(65)28(29)23-69-45(48)66)41-31(13-12-26-24(2)30(49)16-32(57-42)40(26)41)55-38(62)20-51-35(59)17-50-36(60)18-53-43(64)33(14-25-10-8-7-9-11-25)56-39(63)21-52-37(61)19-54-46(67)70-47(3,4)5/h7-11,15-16,31,33,45,66,68H,6,12-14,17-23H2,1-5H3,(H,50,60)(H,51,59)(H,52,61)(H,53,64)(H,54,67)(H,55,62)(H,56,63)/t31-,33-,45?,48-/m0/s1. The Bertz CT molecular complexity index is 2830. The van der Waals surface area contributed by atoms with Gasteiger partial charge in [-0.15, -0.1) is 0 Å². The molecule has 1 unspecified atom stereocenters. The van der Waals surface area contributed by atoms with Gasteiger partial charge in [-0.1, -0.05) is 37.3 Å². The van der Waals surface area contributed by atoms with Gasteiger partial charge in [0.25, 0.3) is 5.56 Å². The Morgan fingerprint density at radius 1 is 0.886 bits per heavy atom. The number of carbonyl (C=O) groups is 7. The molecule has 0 saturated heterocycles. The third-order valence-corrected chi connectivity index (χ3v) is 12.4. The quantitative estimate of drug-likeness (QED) is 0.0637. The second-order valence-electron chi connectivity index (χ2n) is 18.3. The number of aliphatic hydroxyl groups excluding tert-OH is 1. The van der Waals surface area contributed by atoms with Crippen molar-refractivity contribution >= 4 is 52.4 Å². The molecule has 0 radical (unpaired) electrons. The second kappa shape index (κ2) is 20.7. The lowest BCUT2D eigenvalue weighted by Crippen LogP contribution is -2.52. The monoisotopic (exact) mass is 969 g/mol. The third-order valence-electron chi connectivity index (χ3n) is 12.4. The molecule has 0 saturated carbocycles. The number of rotatable bonds is 16. The lowest BCUT2D eigenvalue weighted by atomic mass is 9.81. The zero-order chi connectivity index (χ0) is 50.7. The highest BCUT2D eigenvalue weighted by Gasteiger charge is 2.45. The van der Waals surface area contributed by atoms with Crippen LogP contribution in [-0.2, 0) is 69.8 Å². The van der Waals surface area contributed by atoms with Crippen LogP contribution in [0.3, 0.4) is 0 Å². The van der Waals surface area contributed by atoms with E-state index < -0.39 is 115 Å². The summed E-state index contributed by atoms with van der Waals surface area (Å²) in [5, 5.41) is 40.1. The highest BCUT2D eigenvalue weighted by Crippen LogP contribution is 2.46. The fourth-order valence-corrected chi connectivity index (χ4v) is 8.84. The molecule has 4 atom stereocenters. The Labute approximate surface area is 400 Å². The van der Waals surface area contributed by atoms with Crippen molar-refractivity contribution in [2.45, 2.75) is 103 Å². The Morgan fingerprint density at radius 3 is 2.17 bits per heavy atom. The molecule has 0 spiro atoms. The Morgan fingerprint density at radius 2 is 1.51 bits per heavy atom. The summed E-state index contributed by atoms with van der Waals surface area (Å²) in [6.07, 6.45) is -1.58. The molecule has 372 valence electrons. The molecule has 7 rings (SSSR count). The van der Waals surface area contributed by atoms with E-state index in [9.17, 15) is 48.6 Å². The molecule has 3 aliphatic rings. The Kier molecular flexibility index (Phi) is 15.0. The van der Waals surface area contributed by atoms with E-state index in [1.807, 2.05) is 0 Å². The number of carbonyl (C=O) groups excluding carboxylic acids is 7. The lowest BCUT2D eigenvalue weighted by Gasteiger charge is -2.37. The summed E-state index contributed by atoms with van der Waals surface area (Å²) >= 11 is 0. The van der Waals surface area contributed by atoms with Crippen LogP contribution in [0.25, 0.3) is 22.3 Å². The van der Waals surface area contributed by atoms with Crippen LogP contribution in [-0.4, -0.2) is 112 Å². The minimum atomic E-state index is -1.86. The molecular formula is C48H56FN9O12. The number of hydrogen-bond acceptors (Lipinski definition) is 13. The van der Waals surface area contributed by atoms with Gasteiger partial charge in [0, 0.05) is 34.6 Å². The first kappa shape index (κ1) is 50.6. The van der Waals surface area contributed by atoms with E-state index in [1.54, 1.807) is 71.0 Å².